The number of nitrogens with two attached hydrogens (primary N) is 1. The van der Waals surface area contributed by atoms with E-state index < -0.39 is 14.2 Å². The third-order valence-electron chi connectivity index (χ3n) is 6.15. The zero-order valence-corrected chi connectivity index (χ0v) is 20.8. The fraction of sp³-hybridized carbons (Fsp3) is 0.360. The van der Waals surface area contributed by atoms with Crippen molar-refractivity contribution in [3.8, 4) is 0 Å². The summed E-state index contributed by atoms with van der Waals surface area (Å²) in [4.78, 5) is 18.2. The quantitative estimate of drug-likeness (QED) is 0.563. The number of piperidine rings is 1. The Hall–Kier alpha value is -2.48. The molecular formula is C25H31N3O2SSi. The average molecular weight is 466 g/mol. The first-order valence-electron chi connectivity index (χ1n) is 11.1. The Bertz CT molecular complexity index is 1010. The summed E-state index contributed by atoms with van der Waals surface area (Å²) in [5, 5.41) is 5.11. The molecule has 168 valence electrons. The Labute approximate surface area is 195 Å². The lowest BCUT2D eigenvalue weighted by atomic mass is 10.1. The summed E-state index contributed by atoms with van der Waals surface area (Å²) < 4.78 is 7.30. The van der Waals surface area contributed by atoms with E-state index in [0.717, 1.165) is 31.1 Å². The van der Waals surface area contributed by atoms with Gasteiger partial charge in [0, 0.05) is 18.5 Å². The zero-order chi connectivity index (χ0) is 22.8. The minimum absolute atomic E-state index is 0.0572. The molecule has 4 rings (SSSR count). The van der Waals surface area contributed by atoms with Crippen LogP contribution in [0, 0.1) is 0 Å². The van der Waals surface area contributed by atoms with Crippen molar-refractivity contribution in [1.29, 1.82) is 0 Å². The van der Waals surface area contributed by atoms with Gasteiger partial charge in [-0.15, -0.1) is 11.3 Å². The SMILES string of the molecule is CC(C)(C)[Si](O[C@H]1CCCN(c2nc(C(N)=O)cs2)C1)(c1ccccc1)c1ccccc1. The van der Waals surface area contributed by atoms with Gasteiger partial charge in [0.2, 0.25) is 0 Å². The normalized spacial score (nSPS) is 17.3. The molecule has 0 spiro atoms. The van der Waals surface area contributed by atoms with E-state index in [2.05, 4.69) is 91.3 Å². The second kappa shape index (κ2) is 9.17. The highest BCUT2D eigenvalue weighted by Gasteiger charge is 2.51. The molecule has 0 saturated carbocycles. The van der Waals surface area contributed by atoms with Crippen molar-refractivity contribution >= 4 is 41.1 Å². The first-order valence-corrected chi connectivity index (χ1v) is 13.9. The summed E-state index contributed by atoms with van der Waals surface area (Å²) >= 11 is 1.47. The van der Waals surface area contributed by atoms with E-state index in [-0.39, 0.29) is 11.1 Å². The van der Waals surface area contributed by atoms with Crippen LogP contribution < -0.4 is 21.0 Å². The van der Waals surface area contributed by atoms with E-state index in [1.165, 1.54) is 21.7 Å². The third-order valence-corrected chi connectivity index (χ3v) is 12.1. The number of rotatable bonds is 6. The van der Waals surface area contributed by atoms with Gasteiger partial charge in [-0.25, -0.2) is 4.98 Å². The van der Waals surface area contributed by atoms with Crippen molar-refractivity contribution < 1.29 is 9.22 Å². The molecule has 1 saturated heterocycles. The van der Waals surface area contributed by atoms with Crippen molar-refractivity contribution in [3.63, 3.8) is 0 Å². The number of hydrogen-bond acceptors (Lipinski definition) is 5. The number of carbonyl (C=O) groups excluding carboxylic acids is 1. The van der Waals surface area contributed by atoms with Crippen LogP contribution in [-0.2, 0) is 4.43 Å². The van der Waals surface area contributed by atoms with Crippen molar-refractivity contribution in [2.24, 2.45) is 5.73 Å². The Morgan fingerprint density at radius 1 is 1.09 bits per heavy atom. The average Bonchev–Trinajstić information content (AvgIpc) is 3.29. The maximum Gasteiger partial charge on any atom is 0.268 e. The topological polar surface area (TPSA) is 68.4 Å². The van der Waals surface area contributed by atoms with E-state index in [1.54, 1.807) is 5.38 Å². The first kappa shape index (κ1) is 22.7. The van der Waals surface area contributed by atoms with E-state index >= 15 is 0 Å². The molecule has 1 fully saturated rings. The van der Waals surface area contributed by atoms with Crippen LogP contribution in [0.15, 0.2) is 66.0 Å². The van der Waals surface area contributed by atoms with E-state index in [0.29, 0.717) is 5.69 Å². The minimum Gasteiger partial charge on any atom is -0.403 e. The largest absolute Gasteiger partial charge is 0.403 e. The monoisotopic (exact) mass is 465 g/mol. The van der Waals surface area contributed by atoms with Gasteiger partial charge in [0.05, 0.1) is 6.10 Å². The van der Waals surface area contributed by atoms with E-state index in [4.69, 9.17) is 10.2 Å². The van der Waals surface area contributed by atoms with Gasteiger partial charge in [0.1, 0.15) is 5.69 Å². The predicted molar refractivity (Wildman–Crippen MR) is 135 cm³/mol. The van der Waals surface area contributed by atoms with Crippen molar-refractivity contribution in [3.05, 3.63) is 71.7 Å². The van der Waals surface area contributed by atoms with E-state index in [1.807, 2.05) is 0 Å². The van der Waals surface area contributed by atoms with Gasteiger partial charge in [-0.2, -0.15) is 0 Å². The molecular weight excluding hydrogens is 434 g/mol. The van der Waals surface area contributed by atoms with Gasteiger partial charge < -0.3 is 15.1 Å². The summed E-state index contributed by atoms with van der Waals surface area (Å²) in [6.45, 7) is 8.59. The van der Waals surface area contributed by atoms with Crippen LogP contribution in [0.5, 0.6) is 0 Å². The number of hydrogen-bond donors (Lipinski definition) is 1. The van der Waals surface area contributed by atoms with Gasteiger partial charge in [-0.3, -0.25) is 4.79 Å². The van der Waals surface area contributed by atoms with Crippen molar-refractivity contribution in [1.82, 2.24) is 4.98 Å². The number of thiazole rings is 1. The number of aromatic nitrogens is 1. The fourth-order valence-corrected chi connectivity index (χ4v) is 10.2. The van der Waals surface area contributed by atoms with Gasteiger partial charge in [0.15, 0.2) is 5.13 Å². The molecule has 1 amide bonds. The predicted octanol–water partition coefficient (Wildman–Crippen LogP) is 3.79. The molecule has 1 aliphatic rings. The summed E-state index contributed by atoms with van der Waals surface area (Å²) in [6.07, 6.45) is 2.11. The Morgan fingerprint density at radius 2 is 1.69 bits per heavy atom. The molecule has 0 unspecified atom stereocenters. The van der Waals surface area contributed by atoms with Gasteiger partial charge in [0.25, 0.3) is 14.2 Å². The van der Waals surface area contributed by atoms with Crippen molar-refractivity contribution in [2.75, 3.05) is 18.0 Å². The molecule has 5 nitrogen and oxygen atoms in total. The van der Waals surface area contributed by atoms with E-state index in [9.17, 15) is 4.79 Å². The number of primary amides is 1. The summed E-state index contributed by atoms with van der Waals surface area (Å²) in [7, 11) is -2.60. The van der Waals surface area contributed by atoms with Crippen LogP contribution in [0.25, 0.3) is 0 Å². The molecule has 0 aliphatic carbocycles. The maximum atomic E-state index is 11.5. The lowest BCUT2D eigenvalue weighted by Gasteiger charge is -2.47. The second-order valence-corrected chi connectivity index (χ2v) is 14.5. The maximum absolute atomic E-state index is 11.5. The molecule has 0 bridgehead atoms. The summed E-state index contributed by atoms with van der Waals surface area (Å²) in [5.74, 6) is -0.482. The van der Waals surface area contributed by atoms with Crippen LogP contribution in [0.2, 0.25) is 5.04 Å². The zero-order valence-electron chi connectivity index (χ0n) is 19.0. The highest BCUT2D eigenvalue weighted by Crippen LogP contribution is 2.38. The molecule has 1 aromatic heterocycles. The number of carbonyl (C=O) groups is 1. The number of amides is 1. The first-order chi connectivity index (χ1) is 15.3. The minimum atomic E-state index is -2.60. The van der Waals surface area contributed by atoms with Gasteiger partial charge >= 0.3 is 0 Å². The molecule has 2 N–H and O–H groups in total. The number of nitrogens with zero attached hydrogens (tertiary/aromatic N) is 2. The molecule has 7 heteroatoms. The number of benzene rings is 2. The van der Waals surface area contributed by atoms with Crippen molar-refractivity contribution in [2.45, 2.75) is 44.8 Å². The standard InChI is InChI=1S/C25H31N3O2SSi/c1-25(2,3)32(20-12-6-4-7-13-20,21-14-8-5-9-15-21)30-19-11-10-16-28(17-19)24-27-22(18-31-24)23(26)29/h4-9,12-15,18-19H,10-11,16-17H2,1-3H3,(H2,26,29)/t19-/m0/s1. The lowest BCUT2D eigenvalue weighted by Crippen LogP contribution is -2.68. The third kappa shape index (κ3) is 4.37. The molecule has 0 radical (unpaired) electrons. The van der Waals surface area contributed by atoms with Gasteiger partial charge in [-0.1, -0.05) is 81.4 Å². The highest BCUT2D eigenvalue weighted by atomic mass is 32.1. The Kier molecular flexibility index (Phi) is 6.51. The van der Waals surface area contributed by atoms with Crippen LogP contribution in [0.1, 0.15) is 44.1 Å². The highest BCUT2D eigenvalue weighted by molar-refractivity contribution is 7.14. The van der Waals surface area contributed by atoms with Gasteiger partial charge in [-0.05, 0) is 28.3 Å². The van der Waals surface area contributed by atoms with Crippen LogP contribution in [-0.4, -0.2) is 38.4 Å². The smallest absolute Gasteiger partial charge is 0.268 e. The number of anilines is 1. The lowest BCUT2D eigenvalue weighted by molar-refractivity contribution is 0.0996. The fourth-order valence-electron chi connectivity index (χ4n) is 4.67. The molecule has 1 atom stereocenters. The van der Waals surface area contributed by atoms with Crippen LogP contribution in [0.3, 0.4) is 0 Å². The Balaban J connectivity index is 1.70. The Morgan fingerprint density at radius 3 is 2.19 bits per heavy atom. The molecule has 2 heterocycles. The van der Waals surface area contributed by atoms with Crippen LogP contribution >= 0.6 is 11.3 Å². The second-order valence-electron chi connectivity index (χ2n) is 9.37. The summed E-state index contributed by atoms with van der Waals surface area (Å²) in [6, 6.07) is 21.5. The molecule has 1 aliphatic heterocycles. The van der Waals surface area contributed by atoms with Crippen LogP contribution in [0.4, 0.5) is 5.13 Å². The molecule has 3 aromatic rings. The summed E-state index contributed by atoms with van der Waals surface area (Å²) in [5.41, 5.74) is 5.74. The molecule has 2 aromatic carbocycles. The molecule has 32 heavy (non-hydrogen) atoms.